The summed E-state index contributed by atoms with van der Waals surface area (Å²) in [6.07, 6.45) is 1.91. The first-order valence-electron chi connectivity index (χ1n) is 9.39. The van der Waals surface area contributed by atoms with Crippen LogP contribution >= 0.6 is 0 Å². The van der Waals surface area contributed by atoms with E-state index in [4.69, 9.17) is 5.73 Å². The first-order chi connectivity index (χ1) is 14.6. The molecule has 0 atom stereocenters. The molecule has 0 unspecified atom stereocenters. The molecule has 0 aliphatic rings. The average Bonchev–Trinajstić information content (AvgIpc) is 3.27. The van der Waals surface area contributed by atoms with Gasteiger partial charge in [0.25, 0.3) is 5.95 Å². The van der Waals surface area contributed by atoms with Crippen LogP contribution in [0.4, 0.5) is 10.2 Å². The van der Waals surface area contributed by atoms with Crippen molar-refractivity contribution < 1.29 is 4.39 Å². The Morgan fingerprint density at radius 2 is 2.00 bits per heavy atom. The second kappa shape index (κ2) is 6.76. The van der Waals surface area contributed by atoms with Gasteiger partial charge in [-0.2, -0.15) is 19.7 Å². The number of H-pyrrole nitrogens is 1. The molecular weight excluding hydrogens is 387 g/mol. The van der Waals surface area contributed by atoms with E-state index in [-0.39, 0.29) is 29.7 Å². The molecule has 3 N–H and O–H groups in total. The smallest absolute Gasteiger partial charge is 0.327 e. The molecule has 0 saturated heterocycles. The van der Waals surface area contributed by atoms with Gasteiger partial charge in [-0.1, -0.05) is 18.2 Å². The van der Waals surface area contributed by atoms with Crippen molar-refractivity contribution in [1.82, 2.24) is 34.3 Å². The number of rotatable bonds is 4. The third kappa shape index (κ3) is 2.72. The van der Waals surface area contributed by atoms with E-state index in [9.17, 15) is 9.18 Å². The minimum absolute atomic E-state index is 0.165. The number of halogens is 1. The van der Waals surface area contributed by atoms with E-state index in [1.165, 1.54) is 15.3 Å². The standard InChI is InChI=1S/C20H17FN8O/c1-2-28-16-17(22)24-19(25-18(16)26-20(28)30)29-14-8-5-9-23-15(14)13(27-29)10-11-6-3-4-7-12(11)21/h3-9H,2,10H2,1H3,(H3,22,24,25,26,30). The maximum atomic E-state index is 14.2. The van der Waals surface area contributed by atoms with Crippen molar-refractivity contribution in [2.45, 2.75) is 19.9 Å². The molecule has 4 aromatic heterocycles. The van der Waals surface area contributed by atoms with Crippen LogP contribution in [-0.2, 0) is 13.0 Å². The molecular formula is C20H17FN8O. The van der Waals surface area contributed by atoms with Crippen molar-refractivity contribution in [2.24, 2.45) is 0 Å². The molecule has 5 aromatic rings. The van der Waals surface area contributed by atoms with Crippen LogP contribution in [-0.4, -0.2) is 34.3 Å². The highest BCUT2D eigenvalue weighted by Gasteiger charge is 2.19. The molecule has 0 fully saturated rings. The molecule has 10 heteroatoms. The molecule has 0 amide bonds. The number of imidazole rings is 1. The number of nitrogens with two attached hydrogens (primary N) is 1. The summed E-state index contributed by atoms with van der Waals surface area (Å²) in [6.45, 7) is 2.27. The van der Waals surface area contributed by atoms with Crippen molar-refractivity contribution >= 4 is 28.0 Å². The Hall–Kier alpha value is -4.08. The number of nitrogens with one attached hydrogen (secondary N) is 1. The summed E-state index contributed by atoms with van der Waals surface area (Å²) in [6, 6.07) is 10.1. The van der Waals surface area contributed by atoms with Gasteiger partial charge in [-0.15, -0.1) is 0 Å². The maximum absolute atomic E-state index is 14.2. The van der Waals surface area contributed by atoms with Gasteiger partial charge in [0.15, 0.2) is 11.5 Å². The SMILES string of the molecule is CCn1c(=O)[nH]c2nc(-n3nc(Cc4ccccc4F)c4ncccc43)nc(N)c21. The number of hydrogen-bond donors (Lipinski definition) is 2. The molecule has 150 valence electrons. The van der Waals surface area contributed by atoms with Crippen LogP contribution in [0.5, 0.6) is 0 Å². The summed E-state index contributed by atoms with van der Waals surface area (Å²) in [5.41, 5.74) is 8.97. The molecule has 0 spiro atoms. The predicted molar refractivity (Wildman–Crippen MR) is 110 cm³/mol. The fourth-order valence-electron chi connectivity index (χ4n) is 3.59. The highest BCUT2D eigenvalue weighted by Crippen LogP contribution is 2.24. The zero-order valence-corrected chi connectivity index (χ0v) is 16.0. The molecule has 1 aromatic carbocycles. The monoisotopic (exact) mass is 404 g/mol. The lowest BCUT2D eigenvalue weighted by atomic mass is 10.1. The van der Waals surface area contributed by atoms with Crippen LogP contribution in [0.1, 0.15) is 18.2 Å². The molecule has 4 heterocycles. The van der Waals surface area contributed by atoms with Crippen molar-refractivity contribution in [3.05, 3.63) is 70.2 Å². The molecule has 0 aliphatic carbocycles. The third-order valence-corrected chi connectivity index (χ3v) is 4.97. The van der Waals surface area contributed by atoms with Crippen LogP contribution in [0, 0.1) is 5.82 Å². The van der Waals surface area contributed by atoms with Gasteiger partial charge >= 0.3 is 5.69 Å². The van der Waals surface area contributed by atoms with E-state index in [1.54, 1.807) is 30.5 Å². The highest BCUT2D eigenvalue weighted by molar-refractivity contribution is 5.84. The Morgan fingerprint density at radius 3 is 2.80 bits per heavy atom. The highest BCUT2D eigenvalue weighted by atomic mass is 19.1. The molecule has 9 nitrogen and oxygen atoms in total. The Labute approximate surface area is 169 Å². The number of fused-ring (bicyclic) bond motifs is 2. The van der Waals surface area contributed by atoms with Crippen molar-refractivity contribution in [3.63, 3.8) is 0 Å². The second-order valence-corrected chi connectivity index (χ2v) is 6.78. The number of aromatic nitrogens is 7. The summed E-state index contributed by atoms with van der Waals surface area (Å²) in [5, 5.41) is 4.60. The number of aromatic amines is 1. The van der Waals surface area contributed by atoms with Crippen LogP contribution in [0.25, 0.3) is 28.1 Å². The Kier molecular flexibility index (Phi) is 4.05. The largest absolute Gasteiger partial charge is 0.382 e. The summed E-state index contributed by atoms with van der Waals surface area (Å²) in [5.74, 6) is 0.0530. The molecule has 0 bridgehead atoms. The van der Waals surface area contributed by atoms with Gasteiger partial charge < -0.3 is 5.73 Å². The molecule has 30 heavy (non-hydrogen) atoms. The zero-order chi connectivity index (χ0) is 20.8. The summed E-state index contributed by atoms with van der Waals surface area (Å²) in [7, 11) is 0. The van der Waals surface area contributed by atoms with Gasteiger partial charge in [-0.25, -0.2) is 9.18 Å². The van der Waals surface area contributed by atoms with Gasteiger partial charge in [-0.3, -0.25) is 14.5 Å². The van der Waals surface area contributed by atoms with Gasteiger partial charge in [0.1, 0.15) is 16.9 Å². The number of nitrogen functional groups attached to an aromatic ring is 1. The molecule has 0 radical (unpaired) electrons. The zero-order valence-electron chi connectivity index (χ0n) is 16.0. The number of pyridine rings is 1. The molecule has 0 saturated carbocycles. The van der Waals surface area contributed by atoms with Crippen LogP contribution < -0.4 is 11.4 Å². The van der Waals surface area contributed by atoms with E-state index in [0.29, 0.717) is 40.0 Å². The number of aryl methyl sites for hydroxylation is 1. The van der Waals surface area contributed by atoms with Gasteiger partial charge in [0, 0.05) is 19.2 Å². The number of anilines is 1. The topological polar surface area (TPSA) is 120 Å². The lowest BCUT2D eigenvalue weighted by Crippen LogP contribution is -2.15. The molecule has 0 aliphatic heterocycles. The fraction of sp³-hybridized carbons (Fsp3) is 0.150. The average molecular weight is 404 g/mol. The first kappa shape index (κ1) is 18.0. The summed E-state index contributed by atoms with van der Waals surface area (Å²) < 4.78 is 17.2. The summed E-state index contributed by atoms with van der Waals surface area (Å²) in [4.78, 5) is 28.1. The van der Waals surface area contributed by atoms with Gasteiger partial charge in [-0.05, 0) is 30.7 Å². The third-order valence-electron chi connectivity index (χ3n) is 4.97. The normalized spacial score (nSPS) is 11.5. The van der Waals surface area contributed by atoms with Crippen molar-refractivity contribution in [3.8, 4) is 5.95 Å². The van der Waals surface area contributed by atoms with E-state index in [2.05, 4.69) is 25.0 Å². The number of benzene rings is 1. The van der Waals surface area contributed by atoms with E-state index < -0.39 is 0 Å². The van der Waals surface area contributed by atoms with Crippen LogP contribution in [0.15, 0.2) is 47.4 Å². The molecule has 5 rings (SSSR count). The first-order valence-corrected chi connectivity index (χ1v) is 9.39. The summed E-state index contributed by atoms with van der Waals surface area (Å²) >= 11 is 0. The van der Waals surface area contributed by atoms with Crippen LogP contribution in [0.2, 0.25) is 0 Å². The van der Waals surface area contributed by atoms with Crippen LogP contribution in [0.3, 0.4) is 0 Å². The quantitative estimate of drug-likeness (QED) is 0.474. The minimum Gasteiger partial charge on any atom is -0.382 e. The van der Waals surface area contributed by atoms with E-state index in [0.717, 1.165) is 0 Å². The Morgan fingerprint density at radius 1 is 1.17 bits per heavy atom. The second-order valence-electron chi connectivity index (χ2n) is 6.78. The van der Waals surface area contributed by atoms with Gasteiger partial charge in [0.2, 0.25) is 0 Å². The fourth-order valence-corrected chi connectivity index (χ4v) is 3.59. The Balaban J connectivity index is 1.70. The van der Waals surface area contributed by atoms with Crippen molar-refractivity contribution in [2.75, 3.05) is 5.73 Å². The number of nitrogens with zero attached hydrogens (tertiary/aromatic N) is 6. The minimum atomic E-state index is -0.309. The Bertz CT molecular complexity index is 1470. The lowest BCUT2D eigenvalue weighted by molar-refractivity contribution is 0.613. The van der Waals surface area contributed by atoms with E-state index in [1.807, 2.05) is 13.0 Å². The predicted octanol–water partition coefficient (Wildman–Crippen LogP) is 2.19. The van der Waals surface area contributed by atoms with E-state index >= 15 is 0 Å². The van der Waals surface area contributed by atoms with Crippen molar-refractivity contribution in [1.29, 1.82) is 0 Å². The van der Waals surface area contributed by atoms with Gasteiger partial charge in [0.05, 0.1) is 11.2 Å². The number of hydrogen-bond acceptors (Lipinski definition) is 6. The maximum Gasteiger partial charge on any atom is 0.327 e. The lowest BCUT2D eigenvalue weighted by Gasteiger charge is -2.05.